The van der Waals surface area contributed by atoms with Gasteiger partial charge in [-0.05, 0) is 73.8 Å². The largest absolute Gasteiger partial charge is 0.348 e. The number of fused-ring (bicyclic) bond motifs is 1. The second-order valence-corrected chi connectivity index (χ2v) is 8.33. The number of benzene rings is 1. The maximum absolute atomic E-state index is 12.6. The van der Waals surface area contributed by atoms with Gasteiger partial charge in [-0.1, -0.05) is 38.1 Å². The van der Waals surface area contributed by atoms with Gasteiger partial charge in [-0.2, -0.15) is 0 Å². The SMILES string of the molecule is Cc1cccnc1C(NCC(=O)NC(C)c1ccc2c(c1)CCCC2)C(C)C. The van der Waals surface area contributed by atoms with Crippen LogP contribution in [0, 0.1) is 12.8 Å². The van der Waals surface area contributed by atoms with E-state index in [0.29, 0.717) is 5.92 Å². The second kappa shape index (κ2) is 9.33. The quantitative estimate of drug-likeness (QED) is 0.748. The first kappa shape index (κ1) is 20.5. The van der Waals surface area contributed by atoms with E-state index in [1.165, 1.54) is 36.0 Å². The molecule has 0 aliphatic heterocycles. The van der Waals surface area contributed by atoms with Gasteiger partial charge in [0.15, 0.2) is 0 Å². The summed E-state index contributed by atoms with van der Waals surface area (Å²) in [6.07, 6.45) is 6.72. The molecule has 3 rings (SSSR count). The van der Waals surface area contributed by atoms with Crippen molar-refractivity contribution >= 4 is 5.91 Å². The van der Waals surface area contributed by atoms with E-state index in [1.54, 1.807) is 0 Å². The molecule has 0 saturated heterocycles. The van der Waals surface area contributed by atoms with E-state index in [2.05, 4.69) is 67.6 Å². The normalized spacial score (nSPS) is 15.8. The summed E-state index contributed by atoms with van der Waals surface area (Å²) in [5, 5.41) is 6.55. The fourth-order valence-electron chi connectivity index (χ4n) is 4.07. The molecule has 0 bridgehead atoms. The molecule has 1 aromatic heterocycles. The van der Waals surface area contributed by atoms with Crippen LogP contribution < -0.4 is 10.6 Å². The first-order chi connectivity index (χ1) is 13.5. The monoisotopic (exact) mass is 379 g/mol. The van der Waals surface area contributed by atoms with Gasteiger partial charge in [0.05, 0.1) is 24.3 Å². The number of aromatic nitrogens is 1. The minimum atomic E-state index is 0.00983. The molecule has 0 spiro atoms. The molecular weight excluding hydrogens is 346 g/mol. The van der Waals surface area contributed by atoms with Crippen LogP contribution in [-0.4, -0.2) is 17.4 Å². The summed E-state index contributed by atoms with van der Waals surface area (Å²) in [5.41, 5.74) is 6.29. The highest BCUT2D eigenvalue weighted by atomic mass is 16.1. The minimum Gasteiger partial charge on any atom is -0.348 e. The lowest BCUT2D eigenvalue weighted by Crippen LogP contribution is -2.38. The molecule has 1 heterocycles. The van der Waals surface area contributed by atoms with E-state index in [-0.39, 0.29) is 24.5 Å². The van der Waals surface area contributed by atoms with Crippen LogP contribution in [0.5, 0.6) is 0 Å². The van der Waals surface area contributed by atoms with Crippen molar-refractivity contribution in [3.05, 3.63) is 64.5 Å². The van der Waals surface area contributed by atoms with E-state index < -0.39 is 0 Å². The van der Waals surface area contributed by atoms with Gasteiger partial charge >= 0.3 is 0 Å². The summed E-state index contributed by atoms with van der Waals surface area (Å²) in [4.78, 5) is 17.1. The Bertz CT molecular complexity index is 815. The topological polar surface area (TPSA) is 54.0 Å². The van der Waals surface area contributed by atoms with Crippen LogP contribution in [0.2, 0.25) is 0 Å². The highest BCUT2D eigenvalue weighted by molar-refractivity contribution is 5.78. The van der Waals surface area contributed by atoms with E-state index in [9.17, 15) is 4.79 Å². The Balaban J connectivity index is 1.59. The standard InChI is InChI=1S/C24H33N3O/c1-16(2)23(24-17(3)8-7-13-25-24)26-15-22(28)27-18(4)20-12-11-19-9-5-6-10-21(19)14-20/h7-8,11-14,16,18,23,26H,5-6,9-10,15H2,1-4H3,(H,27,28). The molecule has 0 radical (unpaired) electrons. The lowest BCUT2D eigenvalue weighted by atomic mass is 9.89. The molecule has 2 aromatic rings. The van der Waals surface area contributed by atoms with Crippen LogP contribution in [0.3, 0.4) is 0 Å². The van der Waals surface area contributed by atoms with Gasteiger partial charge in [-0.3, -0.25) is 15.1 Å². The Hall–Kier alpha value is -2.20. The van der Waals surface area contributed by atoms with Gasteiger partial charge in [0.1, 0.15) is 0 Å². The molecule has 1 aromatic carbocycles. The Morgan fingerprint density at radius 1 is 1.11 bits per heavy atom. The van der Waals surface area contributed by atoms with Crippen molar-refractivity contribution in [3.63, 3.8) is 0 Å². The second-order valence-electron chi connectivity index (χ2n) is 8.33. The lowest BCUT2D eigenvalue weighted by Gasteiger charge is -2.24. The van der Waals surface area contributed by atoms with Crippen molar-refractivity contribution in [1.29, 1.82) is 0 Å². The third kappa shape index (κ3) is 4.99. The predicted octanol–water partition coefficient (Wildman–Crippen LogP) is 4.43. The van der Waals surface area contributed by atoms with E-state index in [1.807, 2.05) is 12.3 Å². The fourth-order valence-corrected chi connectivity index (χ4v) is 4.07. The number of carbonyl (C=O) groups is 1. The Labute approximate surface area is 169 Å². The number of nitrogens with one attached hydrogen (secondary N) is 2. The highest BCUT2D eigenvalue weighted by Crippen LogP contribution is 2.25. The summed E-state index contributed by atoms with van der Waals surface area (Å²) < 4.78 is 0. The number of carbonyl (C=O) groups excluding carboxylic acids is 1. The number of aryl methyl sites for hydroxylation is 3. The summed E-state index contributed by atoms with van der Waals surface area (Å²) in [6.45, 7) is 8.72. The maximum Gasteiger partial charge on any atom is 0.234 e. The molecule has 1 amide bonds. The number of rotatable bonds is 7. The Kier molecular flexibility index (Phi) is 6.84. The number of hydrogen-bond acceptors (Lipinski definition) is 3. The van der Waals surface area contributed by atoms with Gasteiger partial charge in [0.2, 0.25) is 5.91 Å². The van der Waals surface area contributed by atoms with Crippen molar-refractivity contribution < 1.29 is 4.79 Å². The van der Waals surface area contributed by atoms with Gasteiger partial charge in [0, 0.05) is 6.20 Å². The maximum atomic E-state index is 12.6. The van der Waals surface area contributed by atoms with Gasteiger partial charge in [-0.25, -0.2) is 0 Å². The molecular formula is C24H33N3O. The summed E-state index contributed by atoms with van der Waals surface area (Å²) in [6, 6.07) is 10.8. The molecule has 4 heteroatoms. The van der Waals surface area contributed by atoms with Crippen LogP contribution in [0.1, 0.15) is 73.6 Å². The van der Waals surface area contributed by atoms with Crippen molar-refractivity contribution in [2.45, 2.75) is 65.5 Å². The van der Waals surface area contributed by atoms with Crippen molar-refractivity contribution in [3.8, 4) is 0 Å². The number of hydrogen-bond donors (Lipinski definition) is 2. The van der Waals surface area contributed by atoms with Crippen LogP contribution >= 0.6 is 0 Å². The molecule has 4 nitrogen and oxygen atoms in total. The van der Waals surface area contributed by atoms with Crippen LogP contribution in [0.4, 0.5) is 0 Å². The van der Waals surface area contributed by atoms with E-state index in [0.717, 1.165) is 17.7 Å². The molecule has 0 saturated carbocycles. The molecule has 0 fully saturated rings. The van der Waals surface area contributed by atoms with Crippen molar-refractivity contribution in [2.75, 3.05) is 6.54 Å². The minimum absolute atomic E-state index is 0.00983. The smallest absolute Gasteiger partial charge is 0.234 e. The summed E-state index contributed by atoms with van der Waals surface area (Å²) in [7, 11) is 0. The first-order valence-corrected chi connectivity index (χ1v) is 10.5. The number of pyridine rings is 1. The molecule has 1 aliphatic rings. The zero-order valence-corrected chi connectivity index (χ0v) is 17.6. The van der Waals surface area contributed by atoms with Gasteiger partial charge < -0.3 is 5.32 Å². The van der Waals surface area contributed by atoms with Gasteiger partial charge in [-0.15, -0.1) is 0 Å². The predicted molar refractivity (Wildman–Crippen MR) is 114 cm³/mol. The molecule has 2 unspecified atom stereocenters. The molecule has 28 heavy (non-hydrogen) atoms. The molecule has 150 valence electrons. The lowest BCUT2D eigenvalue weighted by molar-refractivity contribution is -0.121. The van der Waals surface area contributed by atoms with E-state index in [4.69, 9.17) is 0 Å². The molecule has 1 aliphatic carbocycles. The van der Waals surface area contributed by atoms with Crippen molar-refractivity contribution in [1.82, 2.24) is 15.6 Å². The fraction of sp³-hybridized carbons (Fsp3) is 0.500. The molecule has 2 N–H and O–H groups in total. The first-order valence-electron chi connectivity index (χ1n) is 10.5. The van der Waals surface area contributed by atoms with Crippen LogP contribution in [0.25, 0.3) is 0 Å². The van der Waals surface area contributed by atoms with Gasteiger partial charge in [0.25, 0.3) is 0 Å². The third-order valence-electron chi connectivity index (χ3n) is 5.74. The number of amides is 1. The zero-order chi connectivity index (χ0) is 20.1. The third-order valence-corrected chi connectivity index (χ3v) is 5.74. The Morgan fingerprint density at radius 3 is 2.57 bits per heavy atom. The van der Waals surface area contributed by atoms with Crippen LogP contribution in [-0.2, 0) is 17.6 Å². The average molecular weight is 380 g/mol. The Morgan fingerprint density at radius 2 is 1.86 bits per heavy atom. The average Bonchev–Trinajstić information content (AvgIpc) is 2.68. The summed E-state index contributed by atoms with van der Waals surface area (Å²) in [5.74, 6) is 0.365. The van der Waals surface area contributed by atoms with Crippen molar-refractivity contribution in [2.24, 2.45) is 5.92 Å². The summed E-state index contributed by atoms with van der Waals surface area (Å²) >= 11 is 0. The number of nitrogens with zero attached hydrogens (tertiary/aromatic N) is 1. The van der Waals surface area contributed by atoms with Crippen LogP contribution in [0.15, 0.2) is 36.5 Å². The zero-order valence-electron chi connectivity index (χ0n) is 17.6. The van der Waals surface area contributed by atoms with E-state index >= 15 is 0 Å². The highest BCUT2D eigenvalue weighted by Gasteiger charge is 2.20. The molecule has 2 atom stereocenters.